The van der Waals surface area contributed by atoms with Crippen molar-refractivity contribution in [1.29, 1.82) is 0 Å². The highest BCUT2D eigenvalue weighted by Gasteiger charge is 2.23. The SMILES string of the molecule is Cc1cn(S(=O)(=O)Cc2ccccc2)c2nc(Cl)nc(Nc3ccccc3SC(C)C)c12. The van der Waals surface area contributed by atoms with Crippen molar-refractivity contribution in [1.82, 2.24) is 13.9 Å². The van der Waals surface area contributed by atoms with Gasteiger partial charge in [-0.1, -0.05) is 56.3 Å². The van der Waals surface area contributed by atoms with Gasteiger partial charge in [-0.05, 0) is 41.8 Å². The fourth-order valence-corrected chi connectivity index (χ4v) is 6.00. The van der Waals surface area contributed by atoms with Crippen LogP contribution in [0.3, 0.4) is 0 Å². The van der Waals surface area contributed by atoms with E-state index in [1.807, 2.05) is 49.4 Å². The zero-order valence-corrected chi connectivity index (χ0v) is 20.3. The molecule has 0 spiro atoms. The van der Waals surface area contributed by atoms with Crippen LogP contribution in [0.15, 0.2) is 65.7 Å². The molecule has 9 heteroatoms. The molecule has 32 heavy (non-hydrogen) atoms. The number of benzene rings is 2. The maximum Gasteiger partial charge on any atom is 0.244 e. The van der Waals surface area contributed by atoms with Crippen molar-refractivity contribution in [3.05, 3.63) is 77.2 Å². The van der Waals surface area contributed by atoms with E-state index in [9.17, 15) is 8.42 Å². The first kappa shape index (κ1) is 22.6. The lowest BCUT2D eigenvalue weighted by Crippen LogP contribution is -2.15. The highest BCUT2D eigenvalue weighted by molar-refractivity contribution is 8.00. The summed E-state index contributed by atoms with van der Waals surface area (Å²) in [6.45, 7) is 6.10. The number of aromatic nitrogens is 3. The average Bonchev–Trinajstić information content (AvgIpc) is 3.07. The molecule has 0 unspecified atom stereocenters. The number of halogens is 1. The second kappa shape index (κ2) is 9.13. The van der Waals surface area contributed by atoms with Gasteiger partial charge in [-0.3, -0.25) is 0 Å². The molecule has 4 rings (SSSR count). The number of hydrogen-bond donors (Lipinski definition) is 1. The van der Waals surface area contributed by atoms with Gasteiger partial charge in [0.05, 0.1) is 16.8 Å². The largest absolute Gasteiger partial charge is 0.339 e. The normalized spacial score (nSPS) is 11.9. The Morgan fingerprint density at radius 3 is 2.47 bits per heavy atom. The van der Waals surface area contributed by atoms with E-state index in [-0.39, 0.29) is 16.7 Å². The second-order valence-electron chi connectivity index (χ2n) is 7.68. The molecule has 1 N–H and O–H groups in total. The molecule has 0 aliphatic heterocycles. The monoisotopic (exact) mass is 486 g/mol. The third-order valence-corrected chi connectivity index (χ3v) is 7.60. The molecule has 6 nitrogen and oxygen atoms in total. The average molecular weight is 487 g/mol. The van der Waals surface area contributed by atoms with E-state index in [0.29, 0.717) is 22.0 Å². The molecule has 0 saturated carbocycles. The minimum atomic E-state index is -3.71. The van der Waals surface area contributed by atoms with Crippen molar-refractivity contribution in [2.24, 2.45) is 0 Å². The number of aryl methyl sites for hydroxylation is 1. The van der Waals surface area contributed by atoms with Gasteiger partial charge in [-0.2, -0.15) is 9.97 Å². The number of fused-ring (bicyclic) bond motifs is 1. The lowest BCUT2D eigenvalue weighted by atomic mass is 10.2. The first-order valence-corrected chi connectivity index (χ1v) is 13.0. The van der Waals surface area contributed by atoms with E-state index in [1.165, 1.54) is 3.97 Å². The predicted octanol–water partition coefficient (Wildman–Crippen LogP) is 6.02. The molecule has 0 radical (unpaired) electrons. The summed E-state index contributed by atoms with van der Waals surface area (Å²) < 4.78 is 27.6. The van der Waals surface area contributed by atoms with Crippen LogP contribution >= 0.6 is 23.4 Å². The number of nitrogens with one attached hydrogen (secondary N) is 1. The summed E-state index contributed by atoms with van der Waals surface area (Å²) in [5.74, 6) is 0.331. The Morgan fingerprint density at radius 1 is 1.06 bits per heavy atom. The molecule has 166 valence electrons. The zero-order valence-electron chi connectivity index (χ0n) is 17.9. The van der Waals surface area contributed by atoms with Crippen LogP contribution in [0.25, 0.3) is 11.0 Å². The standard InChI is InChI=1S/C23H23ClN4O2S2/c1-15(2)31-19-12-8-7-11-18(19)25-21-20-16(3)13-28(22(20)27-23(24)26-21)32(29,30)14-17-9-5-4-6-10-17/h4-13,15H,14H2,1-3H3,(H,25,26,27). The summed E-state index contributed by atoms with van der Waals surface area (Å²) in [6.07, 6.45) is 1.58. The Morgan fingerprint density at radius 2 is 1.75 bits per heavy atom. The van der Waals surface area contributed by atoms with E-state index in [4.69, 9.17) is 11.6 Å². The zero-order chi connectivity index (χ0) is 22.9. The Kier molecular flexibility index (Phi) is 6.46. The van der Waals surface area contributed by atoms with Crippen molar-refractivity contribution in [2.75, 3.05) is 5.32 Å². The molecule has 2 aromatic carbocycles. The van der Waals surface area contributed by atoms with Crippen LogP contribution in [0, 0.1) is 6.92 Å². The van der Waals surface area contributed by atoms with Gasteiger partial charge >= 0.3 is 0 Å². The van der Waals surface area contributed by atoms with Crippen LogP contribution in [0.4, 0.5) is 11.5 Å². The molecule has 2 aromatic heterocycles. The maximum atomic E-state index is 13.2. The topological polar surface area (TPSA) is 76.9 Å². The number of anilines is 2. The Balaban J connectivity index is 1.80. The first-order chi connectivity index (χ1) is 15.2. The van der Waals surface area contributed by atoms with Crippen LogP contribution in [-0.4, -0.2) is 27.6 Å². The third kappa shape index (κ3) is 4.77. The molecule has 4 aromatic rings. The molecule has 0 bridgehead atoms. The lowest BCUT2D eigenvalue weighted by Gasteiger charge is -2.14. The van der Waals surface area contributed by atoms with Gasteiger partial charge in [-0.15, -0.1) is 11.8 Å². The van der Waals surface area contributed by atoms with Crippen molar-refractivity contribution >= 4 is 55.9 Å². The number of thioether (sulfide) groups is 1. The fourth-order valence-electron chi connectivity index (χ4n) is 3.46. The van der Waals surface area contributed by atoms with E-state index < -0.39 is 10.0 Å². The molecule has 0 amide bonds. The van der Waals surface area contributed by atoms with Gasteiger partial charge < -0.3 is 5.32 Å². The van der Waals surface area contributed by atoms with Gasteiger partial charge in [0.1, 0.15) is 5.82 Å². The summed E-state index contributed by atoms with van der Waals surface area (Å²) in [7, 11) is -3.71. The van der Waals surface area contributed by atoms with E-state index in [2.05, 4.69) is 29.1 Å². The summed E-state index contributed by atoms with van der Waals surface area (Å²) in [5, 5.41) is 4.35. The van der Waals surface area contributed by atoms with Crippen molar-refractivity contribution in [2.45, 2.75) is 36.7 Å². The number of para-hydroxylation sites is 1. The molecule has 0 aliphatic rings. The third-order valence-electron chi connectivity index (χ3n) is 4.77. The molecular weight excluding hydrogens is 464 g/mol. The van der Waals surface area contributed by atoms with Crippen LogP contribution in [0.2, 0.25) is 5.28 Å². The molecule has 0 aliphatic carbocycles. The number of nitrogens with zero attached hydrogens (tertiary/aromatic N) is 3. The molecular formula is C23H23ClN4O2S2. The number of rotatable bonds is 7. The lowest BCUT2D eigenvalue weighted by molar-refractivity contribution is 0.588. The highest BCUT2D eigenvalue weighted by atomic mass is 35.5. The predicted molar refractivity (Wildman–Crippen MR) is 132 cm³/mol. The summed E-state index contributed by atoms with van der Waals surface area (Å²) >= 11 is 7.96. The molecule has 0 atom stereocenters. The first-order valence-electron chi connectivity index (χ1n) is 10.1. The Hall–Kier alpha value is -2.55. The highest BCUT2D eigenvalue weighted by Crippen LogP contribution is 2.35. The number of hydrogen-bond acceptors (Lipinski definition) is 6. The van der Waals surface area contributed by atoms with Crippen LogP contribution in [-0.2, 0) is 15.8 Å². The summed E-state index contributed by atoms with van der Waals surface area (Å²) in [6, 6.07) is 17.0. The fraction of sp³-hybridized carbons (Fsp3) is 0.217. The minimum absolute atomic E-state index is 0.0248. The van der Waals surface area contributed by atoms with Gasteiger partial charge in [0, 0.05) is 16.3 Å². The van der Waals surface area contributed by atoms with Crippen LogP contribution in [0.5, 0.6) is 0 Å². The Bertz CT molecular complexity index is 1370. The van der Waals surface area contributed by atoms with Crippen molar-refractivity contribution in [3.8, 4) is 0 Å². The Labute approximate surface area is 197 Å². The quantitative estimate of drug-likeness (QED) is 0.254. The van der Waals surface area contributed by atoms with E-state index in [0.717, 1.165) is 16.1 Å². The van der Waals surface area contributed by atoms with E-state index >= 15 is 0 Å². The van der Waals surface area contributed by atoms with Crippen molar-refractivity contribution < 1.29 is 8.42 Å². The molecule has 2 heterocycles. The van der Waals surface area contributed by atoms with Crippen molar-refractivity contribution in [3.63, 3.8) is 0 Å². The molecule has 0 fully saturated rings. The van der Waals surface area contributed by atoms with Gasteiger partial charge in [0.25, 0.3) is 0 Å². The summed E-state index contributed by atoms with van der Waals surface area (Å²) in [4.78, 5) is 9.72. The maximum absolute atomic E-state index is 13.2. The van der Waals surface area contributed by atoms with Gasteiger partial charge in [0.2, 0.25) is 15.3 Å². The van der Waals surface area contributed by atoms with Crippen LogP contribution in [0.1, 0.15) is 25.0 Å². The minimum Gasteiger partial charge on any atom is -0.339 e. The van der Waals surface area contributed by atoms with Gasteiger partial charge in [0.15, 0.2) is 5.65 Å². The van der Waals surface area contributed by atoms with Gasteiger partial charge in [-0.25, -0.2) is 12.4 Å². The molecule has 0 saturated heterocycles. The summed E-state index contributed by atoms with van der Waals surface area (Å²) in [5.41, 5.74) is 2.58. The second-order valence-corrected chi connectivity index (χ2v) is 11.5. The smallest absolute Gasteiger partial charge is 0.244 e. The van der Waals surface area contributed by atoms with E-state index in [1.54, 1.807) is 30.1 Å². The van der Waals surface area contributed by atoms with Crippen LogP contribution < -0.4 is 5.32 Å².